The number of hydrogen-bond acceptors (Lipinski definition) is 2. The molecule has 1 rings (SSSR count). The molecule has 48 valence electrons. The Morgan fingerprint density at radius 2 is 2.00 bits per heavy atom. The maximum atomic E-state index is 4.71. The summed E-state index contributed by atoms with van der Waals surface area (Å²) in [5.41, 5.74) is 0. The van der Waals surface area contributed by atoms with Gasteiger partial charge in [0.05, 0.1) is 13.2 Å². The molecule has 1 heterocycles. The summed E-state index contributed by atoms with van der Waals surface area (Å²) in [5.74, 6) is 0.667. The predicted molar refractivity (Wildman–Crippen MR) is 30.3 cm³/mol. The minimum atomic E-state index is 0.667. The second-order valence-electron chi connectivity index (χ2n) is 2.22. The summed E-state index contributed by atoms with van der Waals surface area (Å²) < 4.78 is 0. The fourth-order valence-corrected chi connectivity index (χ4v) is 0.912. The van der Waals surface area contributed by atoms with Crippen LogP contribution in [0.15, 0.2) is 0 Å². The van der Waals surface area contributed by atoms with Crippen molar-refractivity contribution in [3.63, 3.8) is 0 Å². The standard InChI is InChI=1S/C6H12O2/c1-2-3-6-4-7-8-5-6/h6H,2-5H2,1H3. The van der Waals surface area contributed by atoms with Crippen molar-refractivity contribution >= 4 is 0 Å². The Morgan fingerprint density at radius 3 is 2.50 bits per heavy atom. The third kappa shape index (κ3) is 1.46. The number of rotatable bonds is 2. The third-order valence-corrected chi connectivity index (χ3v) is 1.39. The summed E-state index contributed by atoms with van der Waals surface area (Å²) in [6.45, 7) is 3.78. The molecule has 0 amide bonds. The van der Waals surface area contributed by atoms with E-state index < -0.39 is 0 Å². The van der Waals surface area contributed by atoms with E-state index in [0.717, 1.165) is 13.2 Å². The van der Waals surface area contributed by atoms with Gasteiger partial charge >= 0.3 is 0 Å². The average molecular weight is 116 g/mol. The van der Waals surface area contributed by atoms with Crippen molar-refractivity contribution in [3.8, 4) is 0 Å². The third-order valence-electron chi connectivity index (χ3n) is 1.39. The molecule has 0 spiro atoms. The van der Waals surface area contributed by atoms with Crippen LogP contribution in [0, 0.1) is 5.92 Å². The molecule has 0 radical (unpaired) electrons. The van der Waals surface area contributed by atoms with Crippen molar-refractivity contribution in [2.24, 2.45) is 5.92 Å². The van der Waals surface area contributed by atoms with Crippen LogP contribution in [-0.4, -0.2) is 13.2 Å². The van der Waals surface area contributed by atoms with Gasteiger partial charge in [-0.2, -0.15) is 0 Å². The smallest absolute Gasteiger partial charge is 0.0873 e. The first-order chi connectivity index (χ1) is 3.93. The van der Waals surface area contributed by atoms with E-state index in [1.54, 1.807) is 0 Å². The summed E-state index contributed by atoms with van der Waals surface area (Å²) >= 11 is 0. The van der Waals surface area contributed by atoms with Crippen molar-refractivity contribution < 1.29 is 9.78 Å². The summed E-state index contributed by atoms with van der Waals surface area (Å²) in [6.07, 6.45) is 2.47. The van der Waals surface area contributed by atoms with Gasteiger partial charge in [-0.3, -0.25) is 0 Å². The Hall–Kier alpha value is -0.0800. The van der Waals surface area contributed by atoms with Crippen LogP contribution in [0.2, 0.25) is 0 Å². The van der Waals surface area contributed by atoms with Gasteiger partial charge in [-0.25, -0.2) is 9.78 Å². The first-order valence-corrected chi connectivity index (χ1v) is 3.18. The Bertz CT molecular complexity index is 57.5. The summed E-state index contributed by atoms with van der Waals surface area (Å²) in [4.78, 5) is 9.42. The van der Waals surface area contributed by atoms with Crippen LogP contribution in [0.5, 0.6) is 0 Å². The second-order valence-corrected chi connectivity index (χ2v) is 2.22. The highest BCUT2D eigenvalue weighted by Gasteiger charge is 2.14. The molecule has 1 saturated heterocycles. The monoisotopic (exact) mass is 116 g/mol. The van der Waals surface area contributed by atoms with Gasteiger partial charge in [-0.15, -0.1) is 0 Å². The maximum absolute atomic E-state index is 4.71. The van der Waals surface area contributed by atoms with Crippen molar-refractivity contribution in [2.45, 2.75) is 19.8 Å². The molecule has 8 heavy (non-hydrogen) atoms. The zero-order chi connectivity index (χ0) is 5.82. The van der Waals surface area contributed by atoms with Gasteiger partial charge in [0.15, 0.2) is 0 Å². The Morgan fingerprint density at radius 1 is 1.38 bits per heavy atom. The van der Waals surface area contributed by atoms with Crippen LogP contribution >= 0.6 is 0 Å². The van der Waals surface area contributed by atoms with Crippen LogP contribution < -0.4 is 0 Å². The molecular formula is C6H12O2. The molecule has 0 bridgehead atoms. The lowest BCUT2D eigenvalue weighted by atomic mass is 10.1. The van der Waals surface area contributed by atoms with Crippen molar-refractivity contribution in [1.82, 2.24) is 0 Å². The Kier molecular flexibility index (Phi) is 2.30. The molecular weight excluding hydrogens is 104 g/mol. The quantitative estimate of drug-likeness (QED) is 0.507. The van der Waals surface area contributed by atoms with Gasteiger partial charge in [0.25, 0.3) is 0 Å². The lowest BCUT2D eigenvalue weighted by Crippen LogP contribution is -2.01. The fraction of sp³-hybridized carbons (Fsp3) is 1.00. The van der Waals surface area contributed by atoms with E-state index in [-0.39, 0.29) is 0 Å². The summed E-state index contributed by atoms with van der Waals surface area (Å²) in [6, 6.07) is 0. The van der Waals surface area contributed by atoms with Crippen molar-refractivity contribution in [2.75, 3.05) is 13.2 Å². The average Bonchev–Trinajstić information content (AvgIpc) is 2.19. The second kappa shape index (κ2) is 3.05. The van der Waals surface area contributed by atoms with E-state index in [1.165, 1.54) is 12.8 Å². The van der Waals surface area contributed by atoms with Crippen LogP contribution in [0.25, 0.3) is 0 Å². The lowest BCUT2D eigenvalue weighted by molar-refractivity contribution is -0.248. The van der Waals surface area contributed by atoms with Gasteiger partial charge < -0.3 is 0 Å². The largest absolute Gasteiger partial charge is 0.236 e. The van der Waals surface area contributed by atoms with Crippen LogP contribution in [0.1, 0.15) is 19.8 Å². The lowest BCUT2D eigenvalue weighted by Gasteiger charge is -1.98. The molecule has 0 N–H and O–H groups in total. The summed E-state index contributed by atoms with van der Waals surface area (Å²) in [7, 11) is 0. The molecule has 0 atom stereocenters. The first kappa shape index (κ1) is 6.05. The van der Waals surface area contributed by atoms with Crippen LogP contribution in [-0.2, 0) is 9.78 Å². The van der Waals surface area contributed by atoms with Crippen LogP contribution in [0.4, 0.5) is 0 Å². The highest BCUT2D eigenvalue weighted by molar-refractivity contribution is 4.56. The molecule has 2 heteroatoms. The van der Waals surface area contributed by atoms with Crippen LogP contribution in [0.3, 0.4) is 0 Å². The molecule has 0 aliphatic carbocycles. The van der Waals surface area contributed by atoms with E-state index in [9.17, 15) is 0 Å². The van der Waals surface area contributed by atoms with Gasteiger partial charge in [0.2, 0.25) is 0 Å². The van der Waals surface area contributed by atoms with E-state index in [0.29, 0.717) is 5.92 Å². The van der Waals surface area contributed by atoms with Crippen molar-refractivity contribution in [3.05, 3.63) is 0 Å². The zero-order valence-corrected chi connectivity index (χ0v) is 5.22. The maximum Gasteiger partial charge on any atom is 0.0873 e. The molecule has 0 aromatic rings. The highest BCUT2D eigenvalue weighted by Crippen LogP contribution is 2.12. The Balaban J connectivity index is 2.06. The minimum absolute atomic E-state index is 0.667. The van der Waals surface area contributed by atoms with Crippen molar-refractivity contribution in [1.29, 1.82) is 0 Å². The summed E-state index contributed by atoms with van der Waals surface area (Å²) in [5, 5.41) is 0. The normalized spacial score (nSPS) is 22.1. The molecule has 0 saturated carbocycles. The predicted octanol–water partition coefficient (Wildman–Crippen LogP) is 1.36. The molecule has 1 aliphatic heterocycles. The molecule has 0 aromatic carbocycles. The SMILES string of the molecule is CCCC1COOC1. The molecule has 0 aromatic heterocycles. The highest BCUT2D eigenvalue weighted by atomic mass is 17.2. The first-order valence-electron chi connectivity index (χ1n) is 3.18. The molecule has 2 nitrogen and oxygen atoms in total. The van der Waals surface area contributed by atoms with Gasteiger partial charge in [0.1, 0.15) is 0 Å². The van der Waals surface area contributed by atoms with Gasteiger partial charge in [-0.1, -0.05) is 13.3 Å². The van der Waals surface area contributed by atoms with E-state index in [1.807, 2.05) is 0 Å². The fourth-order valence-electron chi connectivity index (χ4n) is 0.912. The zero-order valence-electron chi connectivity index (χ0n) is 5.22. The van der Waals surface area contributed by atoms with Gasteiger partial charge in [-0.05, 0) is 6.42 Å². The number of hydrogen-bond donors (Lipinski definition) is 0. The van der Waals surface area contributed by atoms with E-state index in [2.05, 4.69) is 6.92 Å². The molecule has 0 unspecified atom stereocenters. The van der Waals surface area contributed by atoms with Gasteiger partial charge in [0, 0.05) is 5.92 Å². The topological polar surface area (TPSA) is 18.5 Å². The minimum Gasteiger partial charge on any atom is -0.236 e. The van der Waals surface area contributed by atoms with E-state index in [4.69, 9.17) is 9.78 Å². The molecule has 1 aliphatic rings. The van der Waals surface area contributed by atoms with E-state index >= 15 is 0 Å². The molecule has 1 fully saturated rings. The Labute approximate surface area is 49.7 Å².